The van der Waals surface area contributed by atoms with Crippen LogP contribution in [0.15, 0.2) is 35.4 Å². The largest absolute Gasteiger partial charge is 0.391 e. The first-order valence-corrected chi connectivity index (χ1v) is 4.72. The standard InChI is InChI=1S/C10H14N4O/c11-9(10(15)7-13-14-12)6-8-4-2-1-3-5-8/h1-5,9-10,15H,6-7,11H2/t9-,10?/m0/s1. The maximum atomic E-state index is 9.52. The summed E-state index contributed by atoms with van der Waals surface area (Å²) in [5, 5.41) is 12.8. The first-order valence-electron chi connectivity index (χ1n) is 4.72. The molecule has 80 valence electrons. The number of nitrogens with two attached hydrogens (primary N) is 1. The number of hydrogen-bond donors (Lipinski definition) is 2. The second kappa shape index (κ2) is 6.03. The van der Waals surface area contributed by atoms with Gasteiger partial charge in [0.25, 0.3) is 0 Å². The molecule has 0 fully saturated rings. The molecule has 3 N–H and O–H groups in total. The third-order valence-corrected chi connectivity index (χ3v) is 2.14. The Balaban J connectivity index is 2.48. The zero-order valence-electron chi connectivity index (χ0n) is 8.32. The lowest BCUT2D eigenvalue weighted by Crippen LogP contribution is -2.38. The molecule has 15 heavy (non-hydrogen) atoms. The van der Waals surface area contributed by atoms with Gasteiger partial charge in [-0.25, -0.2) is 0 Å². The topological polar surface area (TPSA) is 95.0 Å². The maximum absolute atomic E-state index is 9.52. The van der Waals surface area contributed by atoms with Gasteiger partial charge in [0, 0.05) is 11.0 Å². The van der Waals surface area contributed by atoms with Crippen molar-refractivity contribution in [3.05, 3.63) is 46.3 Å². The molecule has 0 saturated heterocycles. The van der Waals surface area contributed by atoms with Crippen LogP contribution in [-0.2, 0) is 6.42 Å². The van der Waals surface area contributed by atoms with Gasteiger partial charge in [0.15, 0.2) is 0 Å². The molecule has 1 unspecified atom stereocenters. The van der Waals surface area contributed by atoms with Gasteiger partial charge in [-0.05, 0) is 17.5 Å². The molecular formula is C10H14N4O. The molecule has 0 heterocycles. The molecule has 0 bridgehead atoms. The summed E-state index contributed by atoms with van der Waals surface area (Å²) in [7, 11) is 0. The van der Waals surface area contributed by atoms with E-state index in [2.05, 4.69) is 10.0 Å². The van der Waals surface area contributed by atoms with Crippen molar-refractivity contribution in [1.29, 1.82) is 0 Å². The third-order valence-electron chi connectivity index (χ3n) is 2.14. The van der Waals surface area contributed by atoms with Gasteiger partial charge < -0.3 is 10.8 Å². The summed E-state index contributed by atoms with van der Waals surface area (Å²) in [6, 6.07) is 9.24. The van der Waals surface area contributed by atoms with Gasteiger partial charge in [-0.3, -0.25) is 0 Å². The van der Waals surface area contributed by atoms with Crippen molar-refractivity contribution in [1.82, 2.24) is 0 Å². The number of hydrogen-bond acceptors (Lipinski definition) is 3. The summed E-state index contributed by atoms with van der Waals surface area (Å²) < 4.78 is 0. The lowest BCUT2D eigenvalue weighted by atomic mass is 10.0. The lowest BCUT2D eigenvalue weighted by molar-refractivity contribution is 0.152. The number of azide groups is 1. The molecule has 0 aromatic heterocycles. The molecule has 5 nitrogen and oxygen atoms in total. The molecule has 1 aromatic rings. The van der Waals surface area contributed by atoms with Crippen LogP contribution in [-0.4, -0.2) is 23.8 Å². The predicted molar refractivity (Wildman–Crippen MR) is 58.1 cm³/mol. The Morgan fingerprint density at radius 3 is 2.67 bits per heavy atom. The van der Waals surface area contributed by atoms with Crippen LogP contribution in [0.3, 0.4) is 0 Å². The van der Waals surface area contributed by atoms with Crippen LogP contribution in [0.25, 0.3) is 10.4 Å². The SMILES string of the molecule is [N-]=[N+]=NCC(O)[C@@H](N)Cc1ccccc1. The van der Waals surface area contributed by atoms with Crippen molar-refractivity contribution < 1.29 is 5.11 Å². The molecule has 0 spiro atoms. The van der Waals surface area contributed by atoms with Crippen molar-refractivity contribution in [2.45, 2.75) is 18.6 Å². The van der Waals surface area contributed by atoms with Crippen molar-refractivity contribution in [2.75, 3.05) is 6.54 Å². The lowest BCUT2D eigenvalue weighted by Gasteiger charge is -2.16. The van der Waals surface area contributed by atoms with Gasteiger partial charge in [0.2, 0.25) is 0 Å². The van der Waals surface area contributed by atoms with Gasteiger partial charge in [0.1, 0.15) is 0 Å². The molecule has 1 rings (SSSR count). The van der Waals surface area contributed by atoms with Crippen LogP contribution < -0.4 is 5.73 Å². The van der Waals surface area contributed by atoms with Crippen LogP contribution in [0.1, 0.15) is 5.56 Å². The Labute approximate surface area is 88.2 Å². The first-order chi connectivity index (χ1) is 7.24. The number of aliphatic hydroxyl groups excluding tert-OH is 1. The van der Waals surface area contributed by atoms with E-state index in [0.29, 0.717) is 6.42 Å². The summed E-state index contributed by atoms with van der Waals surface area (Å²) in [6.45, 7) is 0.0184. The zero-order valence-corrected chi connectivity index (χ0v) is 8.32. The average molecular weight is 206 g/mol. The highest BCUT2D eigenvalue weighted by Gasteiger charge is 2.13. The molecule has 2 atom stereocenters. The first kappa shape index (κ1) is 11.5. The highest BCUT2D eigenvalue weighted by atomic mass is 16.3. The van der Waals surface area contributed by atoms with E-state index in [1.54, 1.807) is 0 Å². The summed E-state index contributed by atoms with van der Waals surface area (Å²) in [5.74, 6) is 0. The third kappa shape index (κ3) is 3.99. The Kier molecular flexibility index (Phi) is 4.63. The number of aliphatic hydroxyl groups is 1. The average Bonchev–Trinajstić information content (AvgIpc) is 2.27. The monoisotopic (exact) mass is 206 g/mol. The van der Waals surface area contributed by atoms with E-state index in [0.717, 1.165) is 5.56 Å². The smallest absolute Gasteiger partial charge is 0.0750 e. The number of rotatable bonds is 5. The quantitative estimate of drug-likeness (QED) is 0.430. The molecule has 0 aliphatic heterocycles. The predicted octanol–water partition coefficient (Wildman–Crippen LogP) is 1.23. The van der Waals surface area contributed by atoms with Crippen molar-refractivity contribution in [3.8, 4) is 0 Å². The maximum Gasteiger partial charge on any atom is 0.0750 e. The molecule has 0 saturated carbocycles. The van der Waals surface area contributed by atoms with Crippen molar-refractivity contribution in [3.63, 3.8) is 0 Å². The molecule has 0 amide bonds. The molecule has 0 radical (unpaired) electrons. The van der Waals surface area contributed by atoms with E-state index in [1.165, 1.54) is 0 Å². The fraction of sp³-hybridized carbons (Fsp3) is 0.400. The minimum Gasteiger partial charge on any atom is -0.391 e. The minimum absolute atomic E-state index is 0.0184. The summed E-state index contributed by atoms with van der Waals surface area (Å²) in [5.41, 5.74) is 14.9. The van der Waals surface area contributed by atoms with E-state index in [-0.39, 0.29) is 6.54 Å². The van der Waals surface area contributed by atoms with Gasteiger partial charge in [-0.1, -0.05) is 35.4 Å². The van der Waals surface area contributed by atoms with E-state index < -0.39 is 12.1 Å². The van der Waals surface area contributed by atoms with E-state index >= 15 is 0 Å². The number of benzene rings is 1. The van der Waals surface area contributed by atoms with Crippen LogP contribution >= 0.6 is 0 Å². The van der Waals surface area contributed by atoms with Crippen molar-refractivity contribution >= 4 is 0 Å². The Morgan fingerprint density at radius 1 is 1.40 bits per heavy atom. The molecule has 0 aliphatic carbocycles. The van der Waals surface area contributed by atoms with Gasteiger partial charge in [0.05, 0.1) is 12.6 Å². The zero-order chi connectivity index (χ0) is 11.1. The van der Waals surface area contributed by atoms with Gasteiger partial charge >= 0.3 is 0 Å². The molecule has 1 aromatic carbocycles. The van der Waals surface area contributed by atoms with Gasteiger partial charge in [-0.15, -0.1) is 0 Å². The fourth-order valence-corrected chi connectivity index (χ4v) is 1.28. The summed E-state index contributed by atoms with van der Waals surface area (Å²) in [4.78, 5) is 2.57. The van der Waals surface area contributed by atoms with Crippen molar-refractivity contribution in [2.24, 2.45) is 10.8 Å². The van der Waals surface area contributed by atoms with E-state index in [4.69, 9.17) is 11.3 Å². The molecular weight excluding hydrogens is 192 g/mol. The number of nitrogens with zero attached hydrogens (tertiary/aromatic N) is 3. The Morgan fingerprint density at radius 2 is 2.07 bits per heavy atom. The fourth-order valence-electron chi connectivity index (χ4n) is 1.28. The summed E-state index contributed by atoms with van der Waals surface area (Å²) >= 11 is 0. The van der Waals surface area contributed by atoms with Gasteiger partial charge in [-0.2, -0.15) is 0 Å². The van der Waals surface area contributed by atoms with Crippen LogP contribution in [0, 0.1) is 0 Å². The van der Waals surface area contributed by atoms with E-state index in [1.807, 2.05) is 30.3 Å². The molecule has 0 aliphatic rings. The van der Waals surface area contributed by atoms with Crippen LogP contribution in [0.5, 0.6) is 0 Å². The normalized spacial score (nSPS) is 14.0. The van der Waals surface area contributed by atoms with Crippen LogP contribution in [0.4, 0.5) is 0 Å². The Hall–Kier alpha value is -1.55. The minimum atomic E-state index is -0.791. The second-order valence-electron chi connectivity index (χ2n) is 3.33. The molecule has 5 heteroatoms. The van der Waals surface area contributed by atoms with Crippen LogP contribution in [0.2, 0.25) is 0 Å². The van der Waals surface area contributed by atoms with E-state index in [9.17, 15) is 5.11 Å². The highest BCUT2D eigenvalue weighted by Crippen LogP contribution is 2.04. The summed E-state index contributed by atoms with van der Waals surface area (Å²) in [6.07, 6.45) is -0.218. The Bertz CT molecular complexity index is 335. The second-order valence-corrected chi connectivity index (χ2v) is 3.33. The highest BCUT2D eigenvalue weighted by molar-refractivity contribution is 5.16.